The summed E-state index contributed by atoms with van der Waals surface area (Å²) in [5.41, 5.74) is 2.22. The van der Waals surface area contributed by atoms with Gasteiger partial charge in [0.2, 0.25) is 0 Å². The van der Waals surface area contributed by atoms with E-state index < -0.39 is 0 Å². The minimum atomic E-state index is -0.0989. The number of nitrogens with one attached hydrogen (secondary N) is 1. The summed E-state index contributed by atoms with van der Waals surface area (Å²) in [6.45, 7) is 2.16. The fraction of sp³-hybridized carbons (Fsp3) is 0.417. The van der Waals surface area contributed by atoms with Gasteiger partial charge in [-0.3, -0.25) is 4.90 Å². The highest BCUT2D eigenvalue weighted by Gasteiger charge is 2.07. The topological polar surface area (TPSA) is 32.3 Å². The predicted molar refractivity (Wildman–Crippen MR) is 63.3 cm³/mol. The molecule has 0 fully saturated rings. The van der Waals surface area contributed by atoms with Crippen LogP contribution in [0.2, 0.25) is 0 Å². The van der Waals surface area contributed by atoms with E-state index >= 15 is 0 Å². The Bertz CT molecular complexity index is 319. The van der Waals surface area contributed by atoms with E-state index in [1.54, 1.807) is 19.0 Å². The Labute approximate surface area is 91.1 Å². The number of carbonyl (C=O) groups is 1. The summed E-state index contributed by atoms with van der Waals surface area (Å²) in [6.07, 6.45) is 2.23. The van der Waals surface area contributed by atoms with Gasteiger partial charge in [-0.25, -0.2) is 4.79 Å². The molecule has 1 aromatic rings. The highest BCUT2D eigenvalue weighted by atomic mass is 16.2. The predicted octanol–water partition coefficient (Wildman–Crippen LogP) is 2.41. The fourth-order valence-corrected chi connectivity index (χ4v) is 1.46. The summed E-state index contributed by atoms with van der Waals surface area (Å²) in [5, 5.41) is 2.59. The second-order valence-corrected chi connectivity index (χ2v) is 3.53. The summed E-state index contributed by atoms with van der Waals surface area (Å²) in [5.74, 6) is 0. The van der Waals surface area contributed by atoms with Crippen LogP contribution >= 0.6 is 0 Å². The monoisotopic (exact) mass is 206 g/mol. The van der Waals surface area contributed by atoms with E-state index in [-0.39, 0.29) is 6.03 Å². The molecular weight excluding hydrogens is 188 g/mol. The van der Waals surface area contributed by atoms with Crippen LogP contribution in [0.25, 0.3) is 0 Å². The molecular formula is C12H18N2O. The first-order valence-corrected chi connectivity index (χ1v) is 5.23. The molecule has 0 heterocycles. The maximum atomic E-state index is 11.3. The standard InChI is InChI=1S/C12H18N2O/c1-4-5-10-6-8-11(9-7-10)14(3)12(15)13-2/h6-9H,4-5H2,1-3H3,(H,13,15). The molecule has 15 heavy (non-hydrogen) atoms. The van der Waals surface area contributed by atoms with Crippen molar-refractivity contribution >= 4 is 11.7 Å². The van der Waals surface area contributed by atoms with E-state index in [1.807, 2.05) is 12.1 Å². The molecule has 1 N–H and O–H groups in total. The van der Waals surface area contributed by atoms with Gasteiger partial charge in [0.25, 0.3) is 0 Å². The number of aryl methyl sites for hydroxylation is 1. The van der Waals surface area contributed by atoms with Crippen LogP contribution in [0.4, 0.5) is 10.5 Å². The molecule has 0 saturated heterocycles. The molecule has 0 aliphatic rings. The Hall–Kier alpha value is -1.51. The molecule has 0 aliphatic heterocycles. The number of urea groups is 1. The van der Waals surface area contributed by atoms with Gasteiger partial charge in [0, 0.05) is 19.8 Å². The molecule has 0 saturated carbocycles. The third-order valence-electron chi connectivity index (χ3n) is 2.38. The third-order valence-corrected chi connectivity index (χ3v) is 2.38. The lowest BCUT2D eigenvalue weighted by molar-refractivity contribution is 0.249. The van der Waals surface area contributed by atoms with Gasteiger partial charge in [0.1, 0.15) is 0 Å². The van der Waals surface area contributed by atoms with Crippen molar-refractivity contribution in [3.05, 3.63) is 29.8 Å². The molecule has 0 aromatic heterocycles. The molecule has 0 atom stereocenters. The second kappa shape index (κ2) is 5.39. The molecule has 0 radical (unpaired) electrons. The van der Waals surface area contributed by atoms with Crippen molar-refractivity contribution in [3.8, 4) is 0 Å². The molecule has 82 valence electrons. The molecule has 0 aliphatic carbocycles. The van der Waals surface area contributed by atoms with E-state index in [0.717, 1.165) is 18.5 Å². The summed E-state index contributed by atoms with van der Waals surface area (Å²) in [7, 11) is 3.39. The number of carbonyl (C=O) groups excluding carboxylic acids is 1. The number of rotatable bonds is 3. The fourth-order valence-electron chi connectivity index (χ4n) is 1.46. The lowest BCUT2D eigenvalue weighted by atomic mass is 10.1. The first-order valence-electron chi connectivity index (χ1n) is 5.23. The molecule has 3 nitrogen and oxygen atoms in total. The lowest BCUT2D eigenvalue weighted by Crippen LogP contribution is -2.34. The van der Waals surface area contributed by atoms with Crippen molar-refractivity contribution in [1.29, 1.82) is 0 Å². The van der Waals surface area contributed by atoms with Crippen LogP contribution in [0.3, 0.4) is 0 Å². The first kappa shape index (κ1) is 11.6. The number of hydrogen-bond acceptors (Lipinski definition) is 1. The highest BCUT2D eigenvalue weighted by Crippen LogP contribution is 2.14. The van der Waals surface area contributed by atoms with Crippen molar-refractivity contribution in [2.45, 2.75) is 19.8 Å². The molecule has 0 spiro atoms. The molecule has 0 bridgehead atoms. The number of hydrogen-bond donors (Lipinski definition) is 1. The molecule has 2 amide bonds. The summed E-state index contributed by atoms with van der Waals surface area (Å²) in [6, 6.07) is 7.98. The minimum absolute atomic E-state index is 0.0989. The molecule has 1 rings (SSSR count). The van der Waals surface area contributed by atoms with Crippen molar-refractivity contribution in [2.24, 2.45) is 0 Å². The van der Waals surface area contributed by atoms with Gasteiger partial charge in [-0.05, 0) is 24.1 Å². The Balaban J connectivity index is 2.75. The largest absolute Gasteiger partial charge is 0.341 e. The van der Waals surface area contributed by atoms with E-state index in [1.165, 1.54) is 5.56 Å². The van der Waals surface area contributed by atoms with Gasteiger partial charge < -0.3 is 5.32 Å². The SMILES string of the molecule is CCCc1ccc(N(C)C(=O)NC)cc1. The zero-order valence-electron chi connectivity index (χ0n) is 9.58. The summed E-state index contributed by atoms with van der Waals surface area (Å²) < 4.78 is 0. The Morgan fingerprint density at radius 1 is 1.33 bits per heavy atom. The minimum Gasteiger partial charge on any atom is -0.341 e. The maximum Gasteiger partial charge on any atom is 0.321 e. The quantitative estimate of drug-likeness (QED) is 0.809. The van der Waals surface area contributed by atoms with Gasteiger partial charge in [0.05, 0.1) is 0 Å². The van der Waals surface area contributed by atoms with E-state index in [4.69, 9.17) is 0 Å². The highest BCUT2D eigenvalue weighted by molar-refractivity contribution is 5.91. The molecule has 3 heteroatoms. The Morgan fingerprint density at radius 3 is 2.40 bits per heavy atom. The van der Waals surface area contributed by atoms with Crippen LogP contribution in [-0.4, -0.2) is 20.1 Å². The Kier molecular flexibility index (Phi) is 4.16. The average molecular weight is 206 g/mol. The van der Waals surface area contributed by atoms with E-state index in [2.05, 4.69) is 24.4 Å². The van der Waals surface area contributed by atoms with Crippen LogP contribution in [0.5, 0.6) is 0 Å². The van der Waals surface area contributed by atoms with Gasteiger partial charge in [-0.15, -0.1) is 0 Å². The normalized spacial score (nSPS) is 9.80. The van der Waals surface area contributed by atoms with Gasteiger partial charge >= 0.3 is 6.03 Å². The molecule has 1 aromatic carbocycles. The second-order valence-electron chi connectivity index (χ2n) is 3.53. The van der Waals surface area contributed by atoms with Crippen LogP contribution < -0.4 is 10.2 Å². The number of anilines is 1. The van der Waals surface area contributed by atoms with Gasteiger partial charge in [0.15, 0.2) is 0 Å². The van der Waals surface area contributed by atoms with Crippen LogP contribution in [0.15, 0.2) is 24.3 Å². The van der Waals surface area contributed by atoms with Gasteiger partial charge in [-0.2, -0.15) is 0 Å². The van der Waals surface area contributed by atoms with Crippen molar-refractivity contribution in [2.75, 3.05) is 19.0 Å². The average Bonchev–Trinajstić information content (AvgIpc) is 2.28. The van der Waals surface area contributed by atoms with E-state index in [0.29, 0.717) is 0 Å². The van der Waals surface area contributed by atoms with Crippen molar-refractivity contribution in [1.82, 2.24) is 5.32 Å². The van der Waals surface area contributed by atoms with Crippen LogP contribution in [0, 0.1) is 0 Å². The lowest BCUT2D eigenvalue weighted by Gasteiger charge is -2.16. The molecule has 0 unspecified atom stereocenters. The summed E-state index contributed by atoms with van der Waals surface area (Å²) in [4.78, 5) is 12.9. The number of benzene rings is 1. The third kappa shape index (κ3) is 2.98. The smallest absolute Gasteiger partial charge is 0.321 e. The van der Waals surface area contributed by atoms with Crippen molar-refractivity contribution in [3.63, 3.8) is 0 Å². The number of amides is 2. The zero-order valence-corrected chi connectivity index (χ0v) is 9.58. The maximum absolute atomic E-state index is 11.3. The van der Waals surface area contributed by atoms with Crippen LogP contribution in [-0.2, 0) is 6.42 Å². The van der Waals surface area contributed by atoms with E-state index in [9.17, 15) is 4.79 Å². The number of nitrogens with zero attached hydrogens (tertiary/aromatic N) is 1. The van der Waals surface area contributed by atoms with Crippen molar-refractivity contribution < 1.29 is 4.79 Å². The summed E-state index contributed by atoms with van der Waals surface area (Å²) >= 11 is 0. The first-order chi connectivity index (χ1) is 7.19. The zero-order chi connectivity index (χ0) is 11.3. The Morgan fingerprint density at radius 2 is 1.93 bits per heavy atom. The van der Waals surface area contributed by atoms with Gasteiger partial charge in [-0.1, -0.05) is 25.5 Å². The van der Waals surface area contributed by atoms with Crippen LogP contribution in [0.1, 0.15) is 18.9 Å².